The zero-order chi connectivity index (χ0) is 59.7. The average molecular weight is 1210 g/mol. The van der Waals surface area contributed by atoms with Crippen LogP contribution in [0, 0.1) is 0 Å². The van der Waals surface area contributed by atoms with Crippen LogP contribution in [-0.2, 0) is 6.42 Å². The van der Waals surface area contributed by atoms with Gasteiger partial charge in [0.25, 0.3) is 0 Å². The maximum Gasteiger partial charge on any atom is 0.0541 e. The number of benzene rings is 14. The lowest BCUT2D eigenvalue weighted by Gasteiger charge is -2.26. The summed E-state index contributed by atoms with van der Waals surface area (Å²) in [6.07, 6.45) is 0.963. The second kappa shape index (κ2) is 25.9. The minimum Gasteiger partial charge on any atom is -0.311 e. The molecule has 0 bridgehead atoms. The normalized spacial score (nSPS) is 11.0. The first-order valence-corrected chi connectivity index (χ1v) is 31.1. The summed E-state index contributed by atoms with van der Waals surface area (Å²) >= 11 is 3.42. The molecule has 16 aromatic rings. The fourth-order valence-corrected chi connectivity index (χ4v) is 12.5. The molecule has 0 aliphatic carbocycles. The molecule has 2 heterocycles. The number of rotatable bonds is 11. The lowest BCUT2D eigenvalue weighted by Crippen LogP contribution is -2.09. The van der Waals surface area contributed by atoms with Crippen molar-refractivity contribution in [3.05, 3.63) is 380 Å². The van der Waals surface area contributed by atoms with Crippen LogP contribution in [0.5, 0.6) is 0 Å². The number of aromatic nitrogens is 2. The highest BCUT2D eigenvalue weighted by molar-refractivity contribution is 9.10. The molecule has 3 nitrogen and oxygen atoms in total. The molecule has 2 aromatic heterocycles. The first kappa shape index (κ1) is 55.8. The van der Waals surface area contributed by atoms with E-state index >= 15 is 0 Å². The molecule has 0 fully saturated rings. The van der Waals surface area contributed by atoms with Gasteiger partial charge in [0.2, 0.25) is 0 Å². The van der Waals surface area contributed by atoms with Crippen molar-refractivity contribution in [2.75, 3.05) is 4.90 Å². The molecular weight excluding hydrogens is 1140 g/mol. The van der Waals surface area contributed by atoms with Crippen molar-refractivity contribution in [2.45, 2.75) is 6.42 Å². The summed E-state index contributed by atoms with van der Waals surface area (Å²) in [4.78, 5) is 2.31. The van der Waals surface area contributed by atoms with Crippen LogP contribution in [0.4, 0.5) is 17.1 Å². The quantitative estimate of drug-likeness (QED) is 0.126. The van der Waals surface area contributed by atoms with Crippen LogP contribution in [0.2, 0.25) is 0 Å². The fraction of sp³-hybridized carbons (Fsp3) is 0.0118. The molecule has 424 valence electrons. The lowest BCUT2D eigenvalue weighted by molar-refractivity contribution is 1.18. The zero-order valence-corrected chi connectivity index (χ0v) is 50.7. The second-order valence-electron chi connectivity index (χ2n) is 22.2. The molecule has 0 saturated heterocycles. The molecule has 0 unspecified atom stereocenters. The smallest absolute Gasteiger partial charge is 0.0541 e. The van der Waals surface area contributed by atoms with Gasteiger partial charge in [-0.25, -0.2) is 0 Å². The van der Waals surface area contributed by atoms with E-state index in [1.807, 2.05) is 6.07 Å². The molecular formula is C85H62BrN3. The Morgan fingerprint density at radius 3 is 0.955 bits per heavy atom. The number of anilines is 3. The first-order chi connectivity index (χ1) is 44.1. The van der Waals surface area contributed by atoms with Gasteiger partial charge < -0.3 is 14.0 Å². The Kier molecular flexibility index (Phi) is 16.2. The Morgan fingerprint density at radius 2 is 0.517 bits per heavy atom. The molecule has 0 N–H and O–H groups in total. The Hall–Kier alpha value is -11.0. The van der Waals surface area contributed by atoms with Crippen LogP contribution in [0.25, 0.3) is 99.5 Å². The highest BCUT2D eigenvalue weighted by Gasteiger charge is 2.17. The predicted octanol–water partition coefficient (Wildman–Crippen LogP) is 23.7. The second-order valence-corrected chi connectivity index (χ2v) is 23.1. The van der Waals surface area contributed by atoms with Gasteiger partial charge in [-0.1, -0.05) is 271 Å². The highest BCUT2D eigenvalue weighted by atomic mass is 79.9. The molecule has 0 aliphatic rings. The topological polar surface area (TPSA) is 13.1 Å². The van der Waals surface area contributed by atoms with E-state index in [2.05, 4.69) is 388 Å². The number of fused-ring (bicyclic) bond motifs is 6. The van der Waals surface area contributed by atoms with Crippen molar-refractivity contribution in [2.24, 2.45) is 0 Å². The molecule has 16 rings (SSSR count). The lowest BCUT2D eigenvalue weighted by atomic mass is 9.99. The summed E-state index contributed by atoms with van der Waals surface area (Å²) in [5.74, 6) is 0. The largest absolute Gasteiger partial charge is 0.311 e. The number of hydrogen-bond acceptors (Lipinski definition) is 1. The third-order valence-corrected chi connectivity index (χ3v) is 17.1. The van der Waals surface area contributed by atoms with E-state index in [0.717, 1.165) is 28.0 Å². The Balaban J connectivity index is 0.000000134. The zero-order valence-electron chi connectivity index (χ0n) is 49.1. The van der Waals surface area contributed by atoms with Crippen LogP contribution in [0.3, 0.4) is 0 Å². The third-order valence-electron chi connectivity index (χ3n) is 16.6. The maximum absolute atomic E-state index is 3.42. The van der Waals surface area contributed by atoms with Gasteiger partial charge in [-0.15, -0.1) is 0 Å². The third kappa shape index (κ3) is 12.1. The van der Waals surface area contributed by atoms with Gasteiger partial charge in [-0.05, 0) is 171 Å². The standard InChI is InChI=1S/C42H30N2.C31H23N.C12H9Br/c1-4-12-31(13-5-1)32-20-25-37(26-21-32)43(35-14-6-2-7-15-35)38-27-22-33(23-28-38)34-24-29-42-40(30-34)39-18-10-11-19-41(39)44(42)36-16-8-3-9-17-36;1-3-9-23(10-4-1)21-24-15-17-25(18-16-24)26-19-20-31-29(22-26)28-13-7-8-14-30(28)32(31)27-11-5-2-6-12-27;13-12-8-6-11(7-9-12)10-4-2-1-3-5-10/h1-30H;1-20,22H,21H2;1-9H. The van der Waals surface area contributed by atoms with E-state index in [4.69, 9.17) is 0 Å². The number of nitrogens with zero attached hydrogens (tertiary/aromatic N) is 3. The van der Waals surface area contributed by atoms with Crippen molar-refractivity contribution >= 4 is 76.6 Å². The summed E-state index contributed by atoms with van der Waals surface area (Å²) < 4.78 is 5.84. The Morgan fingerprint density at radius 1 is 0.225 bits per heavy atom. The number of hydrogen-bond donors (Lipinski definition) is 0. The van der Waals surface area contributed by atoms with Crippen molar-refractivity contribution in [1.29, 1.82) is 0 Å². The number of halogens is 1. The van der Waals surface area contributed by atoms with Gasteiger partial charge in [-0.3, -0.25) is 0 Å². The molecule has 89 heavy (non-hydrogen) atoms. The monoisotopic (exact) mass is 1200 g/mol. The minimum atomic E-state index is 0.963. The van der Waals surface area contributed by atoms with E-state index in [9.17, 15) is 0 Å². The number of para-hydroxylation sites is 5. The molecule has 14 aromatic carbocycles. The van der Waals surface area contributed by atoms with Crippen LogP contribution in [0.1, 0.15) is 11.1 Å². The first-order valence-electron chi connectivity index (χ1n) is 30.3. The van der Waals surface area contributed by atoms with Crippen LogP contribution >= 0.6 is 15.9 Å². The molecule has 4 heteroatoms. The van der Waals surface area contributed by atoms with Gasteiger partial charge in [-0.2, -0.15) is 0 Å². The highest BCUT2D eigenvalue weighted by Crippen LogP contribution is 2.40. The molecule has 0 spiro atoms. The van der Waals surface area contributed by atoms with Gasteiger partial charge in [0, 0.05) is 54.5 Å². The van der Waals surface area contributed by atoms with E-state index in [0.29, 0.717) is 0 Å². The van der Waals surface area contributed by atoms with Crippen LogP contribution < -0.4 is 4.90 Å². The van der Waals surface area contributed by atoms with E-state index in [1.165, 1.54) is 111 Å². The van der Waals surface area contributed by atoms with Crippen LogP contribution in [-0.4, -0.2) is 9.13 Å². The Bertz CT molecular complexity index is 4970. The van der Waals surface area contributed by atoms with Crippen molar-refractivity contribution in [3.63, 3.8) is 0 Å². The summed E-state index contributed by atoms with van der Waals surface area (Å²) in [7, 11) is 0. The summed E-state index contributed by atoms with van der Waals surface area (Å²) in [5.41, 5.74) is 23.2. The average Bonchev–Trinajstić information content (AvgIpc) is 1.85. The van der Waals surface area contributed by atoms with Crippen molar-refractivity contribution in [1.82, 2.24) is 9.13 Å². The van der Waals surface area contributed by atoms with Gasteiger partial charge >= 0.3 is 0 Å². The summed E-state index contributed by atoms with van der Waals surface area (Å²) in [5, 5.41) is 5.10. The molecule has 0 radical (unpaired) electrons. The SMILES string of the molecule is Brc1ccc(-c2ccccc2)cc1.c1ccc(-c2ccc(N(c3ccccc3)c3ccc(-c4ccc5c(c4)c4ccccc4n5-c4ccccc4)cc3)cc2)cc1.c1ccc(Cc2ccc(-c3ccc4c(c3)c3ccccc3n4-c3ccccc3)cc2)cc1. The maximum atomic E-state index is 3.42. The van der Waals surface area contributed by atoms with Gasteiger partial charge in [0.15, 0.2) is 0 Å². The molecule has 0 atom stereocenters. The molecule has 0 amide bonds. The van der Waals surface area contributed by atoms with Gasteiger partial charge in [0.05, 0.1) is 22.1 Å². The molecule has 0 saturated carbocycles. The van der Waals surface area contributed by atoms with Crippen molar-refractivity contribution in [3.8, 4) is 55.9 Å². The van der Waals surface area contributed by atoms with Crippen LogP contribution in [0.15, 0.2) is 368 Å². The van der Waals surface area contributed by atoms with E-state index in [1.54, 1.807) is 0 Å². The molecule has 0 aliphatic heterocycles. The van der Waals surface area contributed by atoms with Crippen molar-refractivity contribution < 1.29 is 0 Å². The summed E-state index contributed by atoms with van der Waals surface area (Å²) in [6, 6.07) is 129. The minimum absolute atomic E-state index is 0.963. The Labute approximate surface area is 529 Å². The van der Waals surface area contributed by atoms with E-state index in [-0.39, 0.29) is 0 Å². The van der Waals surface area contributed by atoms with E-state index < -0.39 is 0 Å². The fourth-order valence-electron chi connectivity index (χ4n) is 12.2. The van der Waals surface area contributed by atoms with Gasteiger partial charge in [0.1, 0.15) is 0 Å². The predicted molar refractivity (Wildman–Crippen MR) is 381 cm³/mol. The summed E-state index contributed by atoms with van der Waals surface area (Å²) in [6.45, 7) is 0.